The van der Waals surface area contributed by atoms with Crippen molar-refractivity contribution < 1.29 is 9.69 Å². The van der Waals surface area contributed by atoms with Gasteiger partial charge in [-0.15, -0.1) is 0 Å². The number of quaternary nitrogens is 1. The molecule has 0 aliphatic rings. The highest BCUT2D eigenvalue weighted by molar-refractivity contribution is 5.91. The van der Waals surface area contributed by atoms with Crippen LogP contribution in [0, 0.1) is 18.3 Å². The molecule has 0 bridgehead atoms. The number of nitrogens with zero attached hydrogens (tertiary/aromatic N) is 1. The summed E-state index contributed by atoms with van der Waals surface area (Å²) in [5, 5.41) is 11.6. The van der Waals surface area contributed by atoms with Crippen molar-refractivity contribution in [3.63, 3.8) is 0 Å². The topological polar surface area (TPSA) is 57.3 Å². The minimum atomic E-state index is -0.0317. The maximum Gasteiger partial charge on any atom is 0.279 e. The molecule has 4 heteroatoms. The van der Waals surface area contributed by atoms with E-state index < -0.39 is 0 Å². The molecule has 0 heterocycles. The summed E-state index contributed by atoms with van der Waals surface area (Å²) in [6.45, 7) is 3.29. The number of hydrogen-bond donors (Lipinski definition) is 2. The molecule has 1 unspecified atom stereocenters. The number of benzene rings is 2. The molecule has 2 aromatic carbocycles. The molecular weight excluding hydrogens is 274 g/mol. The summed E-state index contributed by atoms with van der Waals surface area (Å²) in [7, 11) is 2.00. The van der Waals surface area contributed by atoms with E-state index in [1.165, 1.54) is 11.1 Å². The van der Waals surface area contributed by atoms with Gasteiger partial charge < -0.3 is 10.2 Å². The maximum absolute atomic E-state index is 12.1. The van der Waals surface area contributed by atoms with Gasteiger partial charge in [0.1, 0.15) is 6.54 Å². The lowest BCUT2D eigenvalue weighted by atomic mass is 10.1. The van der Waals surface area contributed by atoms with E-state index >= 15 is 0 Å². The molecule has 2 rings (SSSR count). The molecule has 0 aromatic heterocycles. The van der Waals surface area contributed by atoms with Crippen LogP contribution in [-0.4, -0.2) is 19.5 Å². The van der Waals surface area contributed by atoms with Crippen LogP contribution >= 0.6 is 0 Å². The van der Waals surface area contributed by atoms with Crippen molar-refractivity contribution in [1.82, 2.24) is 0 Å². The fourth-order valence-electron chi connectivity index (χ4n) is 2.30. The van der Waals surface area contributed by atoms with Gasteiger partial charge in [0.05, 0.1) is 18.7 Å². The van der Waals surface area contributed by atoms with E-state index in [2.05, 4.69) is 30.4 Å². The first-order chi connectivity index (χ1) is 10.6. The third-order valence-corrected chi connectivity index (χ3v) is 3.51. The number of amides is 1. The SMILES string of the molecule is Cc1ccccc1C[NH+](C)CC(=O)Nc1ccc(C#N)cc1. The van der Waals surface area contributed by atoms with Gasteiger partial charge in [0, 0.05) is 11.3 Å². The number of carbonyl (C=O) groups excluding carboxylic acids is 1. The fraction of sp³-hybridized carbons (Fsp3) is 0.222. The van der Waals surface area contributed by atoms with Crippen LogP contribution < -0.4 is 10.2 Å². The van der Waals surface area contributed by atoms with E-state index in [4.69, 9.17) is 5.26 Å². The summed E-state index contributed by atoms with van der Waals surface area (Å²) < 4.78 is 0. The van der Waals surface area contributed by atoms with Crippen LogP contribution in [0.15, 0.2) is 48.5 Å². The van der Waals surface area contributed by atoms with E-state index in [9.17, 15) is 4.79 Å². The standard InChI is InChI=1S/C18H19N3O/c1-14-5-3-4-6-16(14)12-21(2)13-18(22)20-17-9-7-15(11-19)8-10-17/h3-10H,12-13H2,1-2H3,(H,20,22)/p+1. The quantitative estimate of drug-likeness (QED) is 0.878. The van der Waals surface area contributed by atoms with Gasteiger partial charge in [0.2, 0.25) is 0 Å². The molecule has 0 aliphatic heterocycles. The molecule has 1 atom stereocenters. The molecule has 4 nitrogen and oxygen atoms in total. The zero-order valence-corrected chi connectivity index (χ0v) is 12.9. The lowest BCUT2D eigenvalue weighted by Crippen LogP contribution is -3.08. The molecule has 112 valence electrons. The van der Waals surface area contributed by atoms with E-state index in [-0.39, 0.29) is 5.91 Å². The second-order valence-electron chi connectivity index (χ2n) is 5.47. The van der Waals surface area contributed by atoms with E-state index in [1.807, 2.05) is 19.2 Å². The molecular formula is C18H20N3O+. The van der Waals surface area contributed by atoms with Gasteiger partial charge >= 0.3 is 0 Å². The van der Waals surface area contributed by atoms with Gasteiger partial charge in [-0.25, -0.2) is 0 Å². The Morgan fingerprint density at radius 2 is 1.86 bits per heavy atom. The van der Waals surface area contributed by atoms with Gasteiger partial charge in [-0.1, -0.05) is 24.3 Å². The summed E-state index contributed by atoms with van der Waals surface area (Å²) in [4.78, 5) is 13.2. The molecule has 0 saturated heterocycles. The van der Waals surface area contributed by atoms with Crippen molar-refractivity contribution in [2.24, 2.45) is 0 Å². The van der Waals surface area contributed by atoms with E-state index in [0.29, 0.717) is 17.8 Å². The second-order valence-corrected chi connectivity index (χ2v) is 5.47. The molecule has 0 saturated carbocycles. The van der Waals surface area contributed by atoms with Crippen LogP contribution in [0.1, 0.15) is 16.7 Å². The minimum Gasteiger partial charge on any atom is -0.326 e. The molecule has 2 aromatic rings. The van der Waals surface area contributed by atoms with E-state index in [0.717, 1.165) is 11.4 Å². The number of rotatable bonds is 5. The van der Waals surface area contributed by atoms with Crippen molar-refractivity contribution in [3.8, 4) is 6.07 Å². The highest BCUT2D eigenvalue weighted by atomic mass is 16.2. The molecule has 2 N–H and O–H groups in total. The van der Waals surface area contributed by atoms with Gasteiger partial charge in [-0.05, 0) is 36.8 Å². The van der Waals surface area contributed by atoms with Crippen LogP contribution in [0.2, 0.25) is 0 Å². The first-order valence-corrected chi connectivity index (χ1v) is 7.24. The van der Waals surface area contributed by atoms with Gasteiger partial charge in [-0.3, -0.25) is 4.79 Å². The summed E-state index contributed by atoms with van der Waals surface area (Å²) in [5.74, 6) is -0.0317. The normalized spacial score (nSPS) is 11.5. The number of anilines is 1. The predicted octanol–water partition coefficient (Wildman–Crippen LogP) is 1.52. The number of aryl methyl sites for hydroxylation is 1. The zero-order valence-electron chi connectivity index (χ0n) is 12.9. The van der Waals surface area contributed by atoms with Crippen LogP contribution in [0.5, 0.6) is 0 Å². The molecule has 0 spiro atoms. The lowest BCUT2D eigenvalue weighted by molar-refractivity contribution is -0.885. The smallest absolute Gasteiger partial charge is 0.279 e. The lowest BCUT2D eigenvalue weighted by Gasteiger charge is -2.15. The fourth-order valence-corrected chi connectivity index (χ4v) is 2.30. The summed E-state index contributed by atoms with van der Waals surface area (Å²) in [5.41, 5.74) is 3.80. The molecule has 0 fully saturated rings. The first-order valence-electron chi connectivity index (χ1n) is 7.24. The Kier molecular flexibility index (Phi) is 5.29. The van der Waals surface area contributed by atoms with E-state index in [1.54, 1.807) is 24.3 Å². The van der Waals surface area contributed by atoms with Gasteiger partial charge in [0.15, 0.2) is 6.54 Å². The van der Waals surface area contributed by atoms with Crippen molar-refractivity contribution in [2.75, 3.05) is 18.9 Å². The Balaban J connectivity index is 1.88. The largest absolute Gasteiger partial charge is 0.326 e. The summed E-state index contributed by atoms with van der Waals surface area (Å²) >= 11 is 0. The number of hydrogen-bond acceptors (Lipinski definition) is 2. The van der Waals surface area contributed by atoms with Crippen LogP contribution in [0.25, 0.3) is 0 Å². The molecule has 0 aliphatic carbocycles. The molecule has 1 amide bonds. The minimum absolute atomic E-state index is 0.0317. The van der Waals surface area contributed by atoms with Crippen LogP contribution in [-0.2, 0) is 11.3 Å². The summed E-state index contributed by atoms with van der Waals surface area (Å²) in [6, 6.07) is 17.1. The Morgan fingerprint density at radius 3 is 2.50 bits per heavy atom. The maximum atomic E-state index is 12.1. The second kappa shape index (κ2) is 7.39. The zero-order chi connectivity index (χ0) is 15.9. The Labute approximate surface area is 131 Å². The first kappa shape index (κ1) is 15.7. The van der Waals surface area contributed by atoms with Crippen LogP contribution in [0.3, 0.4) is 0 Å². The molecule has 0 radical (unpaired) electrons. The van der Waals surface area contributed by atoms with Crippen molar-refractivity contribution in [2.45, 2.75) is 13.5 Å². The third-order valence-electron chi connectivity index (χ3n) is 3.51. The monoisotopic (exact) mass is 294 g/mol. The molecule has 22 heavy (non-hydrogen) atoms. The average Bonchev–Trinajstić information content (AvgIpc) is 2.50. The third kappa shape index (κ3) is 4.44. The Hall–Kier alpha value is -2.64. The average molecular weight is 294 g/mol. The van der Waals surface area contributed by atoms with Gasteiger partial charge in [-0.2, -0.15) is 5.26 Å². The Morgan fingerprint density at radius 1 is 1.18 bits per heavy atom. The number of nitriles is 1. The van der Waals surface area contributed by atoms with Crippen molar-refractivity contribution in [1.29, 1.82) is 5.26 Å². The van der Waals surface area contributed by atoms with Crippen molar-refractivity contribution in [3.05, 3.63) is 65.2 Å². The van der Waals surface area contributed by atoms with Crippen LogP contribution in [0.4, 0.5) is 5.69 Å². The summed E-state index contributed by atoms with van der Waals surface area (Å²) in [6.07, 6.45) is 0. The number of carbonyl (C=O) groups is 1. The number of nitrogens with one attached hydrogen (secondary N) is 2. The van der Waals surface area contributed by atoms with Crippen molar-refractivity contribution >= 4 is 11.6 Å². The highest BCUT2D eigenvalue weighted by Gasteiger charge is 2.11. The highest BCUT2D eigenvalue weighted by Crippen LogP contribution is 2.08. The Bertz CT molecular complexity index is 686. The number of likely N-dealkylation sites (N-methyl/N-ethyl adjacent to an activating group) is 1. The predicted molar refractivity (Wildman–Crippen MR) is 86.4 cm³/mol. The van der Waals surface area contributed by atoms with Gasteiger partial charge in [0.25, 0.3) is 5.91 Å².